The minimum Gasteiger partial charge on any atom is -0.462 e. The molecule has 0 heterocycles. The molecule has 0 aliphatic heterocycles. The number of ether oxygens (including phenoxy) is 1. The van der Waals surface area contributed by atoms with Gasteiger partial charge in [0.1, 0.15) is 6.10 Å². The normalized spacial score (nSPS) is 25.8. The summed E-state index contributed by atoms with van der Waals surface area (Å²) in [6.07, 6.45) is 22.0. The van der Waals surface area contributed by atoms with Crippen LogP contribution < -0.4 is 0 Å². The fourth-order valence-corrected chi connectivity index (χ4v) is 4.95. The van der Waals surface area contributed by atoms with Crippen molar-refractivity contribution in [1.29, 1.82) is 0 Å². The maximum absolute atomic E-state index is 12.0. The van der Waals surface area contributed by atoms with Gasteiger partial charge >= 0.3 is 5.97 Å². The molecule has 2 aliphatic carbocycles. The first kappa shape index (κ1) is 21.8. The summed E-state index contributed by atoms with van der Waals surface area (Å²) in [4.78, 5) is 12.0. The molecule has 2 nitrogen and oxygen atoms in total. The average molecular weight is 365 g/mol. The second-order valence-corrected chi connectivity index (χ2v) is 9.35. The van der Waals surface area contributed by atoms with Gasteiger partial charge in [-0.3, -0.25) is 4.79 Å². The number of hydrogen-bond acceptors (Lipinski definition) is 2. The molecule has 2 saturated carbocycles. The largest absolute Gasteiger partial charge is 0.462 e. The van der Waals surface area contributed by atoms with Crippen LogP contribution in [-0.4, -0.2) is 12.1 Å². The van der Waals surface area contributed by atoms with E-state index in [-0.39, 0.29) is 12.1 Å². The Hall–Kier alpha value is -0.530. The lowest BCUT2D eigenvalue weighted by Gasteiger charge is -2.29. The quantitative estimate of drug-likeness (QED) is 0.281. The molecular formula is C24H44O2. The van der Waals surface area contributed by atoms with E-state index >= 15 is 0 Å². The maximum Gasteiger partial charge on any atom is 0.306 e. The molecule has 1 atom stereocenters. The van der Waals surface area contributed by atoms with Crippen molar-refractivity contribution in [2.24, 2.45) is 17.8 Å². The number of hydrogen-bond donors (Lipinski definition) is 0. The molecule has 2 aliphatic rings. The van der Waals surface area contributed by atoms with E-state index in [1.54, 1.807) is 0 Å². The van der Waals surface area contributed by atoms with Gasteiger partial charge < -0.3 is 4.74 Å². The van der Waals surface area contributed by atoms with Gasteiger partial charge in [0, 0.05) is 6.42 Å². The van der Waals surface area contributed by atoms with E-state index < -0.39 is 0 Å². The number of unbranched alkanes of at least 4 members (excludes halogenated alkanes) is 2. The Morgan fingerprint density at radius 2 is 1.54 bits per heavy atom. The molecule has 0 saturated heterocycles. The zero-order valence-corrected chi connectivity index (χ0v) is 17.6. The van der Waals surface area contributed by atoms with E-state index in [4.69, 9.17) is 4.74 Å². The Morgan fingerprint density at radius 3 is 2.19 bits per heavy atom. The van der Waals surface area contributed by atoms with Gasteiger partial charge in [-0.25, -0.2) is 0 Å². The summed E-state index contributed by atoms with van der Waals surface area (Å²) in [6.45, 7) is 4.62. The molecule has 0 spiro atoms. The van der Waals surface area contributed by atoms with Crippen molar-refractivity contribution in [2.45, 2.75) is 129 Å². The molecule has 152 valence electrons. The second kappa shape index (κ2) is 12.8. The van der Waals surface area contributed by atoms with Gasteiger partial charge in [0.2, 0.25) is 0 Å². The average Bonchev–Trinajstić information content (AvgIpc) is 2.67. The summed E-state index contributed by atoms with van der Waals surface area (Å²) in [5.74, 6) is 2.69. The summed E-state index contributed by atoms with van der Waals surface area (Å²) < 4.78 is 5.65. The smallest absolute Gasteiger partial charge is 0.306 e. The molecule has 1 unspecified atom stereocenters. The van der Waals surface area contributed by atoms with Crippen LogP contribution in [-0.2, 0) is 9.53 Å². The Bertz CT molecular complexity index is 364. The van der Waals surface area contributed by atoms with Gasteiger partial charge in [0.15, 0.2) is 0 Å². The maximum atomic E-state index is 12.0. The van der Waals surface area contributed by atoms with E-state index in [2.05, 4.69) is 13.8 Å². The van der Waals surface area contributed by atoms with E-state index in [1.165, 1.54) is 83.5 Å². The molecule has 0 aromatic heterocycles. The van der Waals surface area contributed by atoms with Crippen molar-refractivity contribution in [1.82, 2.24) is 0 Å². The Kier molecular flexibility index (Phi) is 10.7. The second-order valence-electron chi connectivity index (χ2n) is 9.35. The van der Waals surface area contributed by atoms with E-state index in [0.29, 0.717) is 12.3 Å². The highest BCUT2D eigenvalue weighted by atomic mass is 16.5. The fourth-order valence-electron chi connectivity index (χ4n) is 4.95. The molecule has 0 aromatic carbocycles. The molecule has 0 amide bonds. The molecule has 26 heavy (non-hydrogen) atoms. The number of carbonyl (C=O) groups excluding carboxylic acids is 1. The summed E-state index contributed by atoms with van der Waals surface area (Å²) in [7, 11) is 0. The predicted molar refractivity (Wildman–Crippen MR) is 110 cm³/mol. The summed E-state index contributed by atoms with van der Waals surface area (Å²) in [5.41, 5.74) is 0. The molecule has 0 radical (unpaired) electrons. The van der Waals surface area contributed by atoms with Crippen LogP contribution in [0.25, 0.3) is 0 Å². The third kappa shape index (κ3) is 8.91. The third-order valence-electron chi connectivity index (χ3n) is 6.94. The molecule has 2 rings (SSSR count). The van der Waals surface area contributed by atoms with Gasteiger partial charge in [-0.15, -0.1) is 0 Å². The fraction of sp³-hybridized carbons (Fsp3) is 0.958. The van der Waals surface area contributed by atoms with Crippen molar-refractivity contribution in [3.8, 4) is 0 Å². The molecule has 2 fully saturated rings. The Morgan fingerprint density at radius 1 is 0.885 bits per heavy atom. The van der Waals surface area contributed by atoms with Gasteiger partial charge in [-0.05, 0) is 49.9 Å². The number of rotatable bonds is 11. The topological polar surface area (TPSA) is 26.3 Å². The first-order chi connectivity index (χ1) is 12.7. The van der Waals surface area contributed by atoms with E-state index in [0.717, 1.165) is 31.1 Å². The minimum atomic E-state index is 0.0522. The van der Waals surface area contributed by atoms with Crippen molar-refractivity contribution in [2.75, 3.05) is 0 Å². The van der Waals surface area contributed by atoms with Gasteiger partial charge in [-0.2, -0.15) is 0 Å². The molecule has 2 heteroatoms. The van der Waals surface area contributed by atoms with Gasteiger partial charge in [-0.1, -0.05) is 84.5 Å². The van der Waals surface area contributed by atoms with E-state index in [9.17, 15) is 4.79 Å². The number of carbonyl (C=O) groups is 1. The predicted octanol–water partition coefficient (Wildman–Crippen LogP) is 7.45. The monoisotopic (exact) mass is 364 g/mol. The van der Waals surface area contributed by atoms with Crippen molar-refractivity contribution < 1.29 is 9.53 Å². The van der Waals surface area contributed by atoms with Crippen molar-refractivity contribution >= 4 is 5.97 Å². The summed E-state index contributed by atoms with van der Waals surface area (Å²) in [5, 5.41) is 0. The van der Waals surface area contributed by atoms with Crippen LogP contribution in [0.4, 0.5) is 0 Å². The van der Waals surface area contributed by atoms with Crippen LogP contribution in [0.15, 0.2) is 0 Å². The first-order valence-corrected chi connectivity index (χ1v) is 11.9. The summed E-state index contributed by atoms with van der Waals surface area (Å²) in [6, 6.07) is 0. The molecular weight excluding hydrogens is 320 g/mol. The Balaban J connectivity index is 1.49. The lowest BCUT2D eigenvalue weighted by molar-refractivity contribution is -0.150. The van der Waals surface area contributed by atoms with Crippen LogP contribution in [0.2, 0.25) is 0 Å². The van der Waals surface area contributed by atoms with Crippen molar-refractivity contribution in [3.05, 3.63) is 0 Å². The highest BCUT2D eigenvalue weighted by molar-refractivity contribution is 5.69. The highest BCUT2D eigenvalue weighted by Gasteiger charge is 2.22. The lowest BCUT2D eigenvalue weighted by Crippen LogP contribution is -2.21. The molecule has 0 bridgehead atoms. The van der Waals surface area contributed by atoms with Gasteiger partial charge in [0.25, 0.3) is 0 Å². The van der Waals surface area contributed by atoms with Crippen LogP contribution in [0.3, 0.4) is 0 Å². The highest BCUT2D eigenvalue weighted by Crippen LogP contribution is 2.35. The first-order valence-electron chi connectivity index (χ1n) is 11.9. The third-order valence-corrected chi connectivity index (χ3v) is 6.94. The Labute approximate surface area is 162 Å². The minimum absolute atomic E-state index is 0.0522. The molecule has 0 N–H and O–H groups in total. The number of esters is 1. The van der Waals surface area contributed by atoms with Crippen LogP contribution in [0.5, 0.6) is 0 Å². The lowest BCUT2D eigenvalue weighted by atomic mass is 9.77. The van der Waals surface area contributed by atoms with Crippen molar-refractivity contribution in [3.63, 3.8) is 0 Å². The van der Waals surface area contributed by atoms with Gasteiger partial charge in [0.05, 0.1) is 0 Å². The zero-order valence-electron chi connectivity index (χ0n) is 17.6. The van der Waals surface area contributed by atoms with Crippen LogP contribution in [0.1, 0.15) is 123 Å². The standard InChI is InChI=1S/C24H44O2/c1-3-4-6-9-21-15-17-22(18-16-21)14-12-20(2)13-19-24(25)26-23-10-7-5-8-11-23/h20-23H,3-19H2,1-2H3. The van der Waals surface area contributed by atoms with E-state index in [1.807, 2.05) is 0 Å². The van der Waals surface area contributed by atoms with Crippen LogP contribution in [0, 0.1) is 17.8 Å². The summed E-state index contributed by atoms with van der Waals surface area (Å²) >= 11 is 0. The zero-order chi connectivity index (χ0) is 18.6. The van der Waals surface area contributed by atoms with Crippen LogP contribution >= 0.6 is 0 Å². The molecule has 0 aromatic rings. The SMILES string of the molecule is CCCCCC1CCC(CCC(C)CCC(=O)OC2CCCCC2)CC1.